The van der Waals surface area contributed by atoms with Gasteiger partial charge in [-0.3, -0.25) is 9.10 Å². The van der Waals surface area contributed by atoms with Crippen molar-refractivity contribution < 1.29 is 13.2 Å². The molecule has 2 rings (SSSR count). The Balaban J connectivity index is 1.90. The molecule has 0 heterocycles. The van der Waals surface area contributed by atoms with Gasteiger partial charge >= 0.3 is 0 Å². The van der Waals surface area contributed by atoms with E-state index in [0.29, 0.717) is 38.8 Å². The molecule has 0 saturated carbocycles. The van der Waals surface area contributed by atoms with Crippen LogP contribution < -0.4 is 9.62 Å². The van der Waals surface area contributed by atoms with E-state index >= 15 is 0 Å². The van der Waals surface area contributed by atoms with Crippen molar-refractivity contribution in [3.63, 3.8) is 0 Å². The molecule has 0 aliphatic heterocycles. The Morgan fingerprint density at radius 1 is 1.10 bits per heavy atom. The second kappa shape index (κ2) is 10.8. The predicted molar refractivity (Wildman–Crippen MR) is 124 cm³/mol. The number of amides is 1. The maximum Gasteiger partial charge on any atom is 0.243 e. The third-order valence-corrected chi connectivity index (χ3v) is 7.08. The van der Waals surface area contributed by atoms with Gasteiger partial charge in [0.2, 0.25) is 15.9 Å². The van der Waals surface area contributed by atoms with Crippen LogP contribution in [0.1, 0.15) is 12.5 Å². The molecule has 0 saturated heterocycles. The molecule has 0 radical (unpaired) electrons. The molecule has 0 aliphatic rings. The summed E-state index contributed by atoms with van der Waals surface area (Å²) in [7, 11) is -3.66. The number of thioether (sulfide) groups is 1. The van der Waals surface area contributed by atoms with Crippen LogP contribution in [0.4, 0.5) is 5.69 Å². The number of benzene rings is 2. The van der Waals surface area contributed by atoms with Crippen molar-refractivity contribution in [2.45, 2.75) is 18.7 Å². The fourth-order valence-corrected chi connectivity index (χ4v) is 5.33. The number of hydrogen-bond donors (Lipinski definition) is 1. The zero-order valence-electron chi connectivity index (χ0n) is 15.9. The van der Waals surface area contributed by atoms with Crippen LogP contribution in [0.15, 0.2) is 42.5 Å². The van der Waals surface area contributed by atoms with Crippen LogP contribution in [0.25, 0.3) is 0 Å². The van der Waals surface area contributed by atoms with E-state index in [-0.39, 0.29) is 5.91 Å². The SMILES string of the molecule is C[C@@H](C(=O)NCCSCc1ccc(Cl)cc1Cl)N(c1ccc(Cl)cc1)S(C)(=O)=O. The summed E-state index contributed by atoms with van der Waals surface area (Å²) in [6, 6.07) is 10.7. The molecule has 0 bridgehead atoms. The standard InChI is InChI=1S/C19H21Cl3N2O3S2/c1-13(24(29(2,26)27)17-7-5-15(20)6-8-17)19(25)23-9-10-28-12-14-3-4-16(21)11-18(14)22/h3-8,11,13H,9-10,12H2,1-2H3,(H,23,25)/t13-/m0/s1. The first-order valence-electron chi connectivity index (χ1n) is 8.64. The minimum absolute atomic E-state index is 0.379. The summed E-state index contributed by atoms with van der Waals surface area (Å²) in [6.07, 6.45) is 1.07. The van der Waals surface area contributed by atoms with Gasteiger partial charge in [-0.15, -0.1) is 0 Å². The Hall–Kier alpha value is -1.12. The van der Waals surface area contributed by atoms with Gasteiger partial charge in [0.15, 0.2) is 0 Å². The minimum atomic E-state index is -3.66. The van der Waals surface area contributed by atoms with E-state index in [0.717, 1.165) is 16.1 Å². The molecule has 0 spiro atoms. The summed E-state index contributed by atoms with van der Waals surface area (Å²) in [5.74, 6) is 0.953. The third-order valence-electron chi connectivity index (χ3n) is 3.99. The third kappa shape index (κ3) is 7.26. The monoisotopic (exact) mass is 494 g/mol. The van der Waals surface area contributed by atoms with E-state index in [2.05, 4.69) is 5.32 Å². The van der Waals surface area contributed by atoms with Crippen LogP contribution in [0.5, 0.6) is 0 Å². The molecule has 0 aromatic heterocycles. The van der Waals surface area contributed by atoms with Crippen LogP contribution >= 0.6 is 46.6 Å². The smallest absolute Gasteiger partial charge is 0.243 e. The highest BCUT2D eigenvalue weighted by Gasteiger charge is 2.28. The first-order valence-corrected chi connectivity index (χ1v) is 12.8. The zero-order valence-corrected chi connectivity index (χ0v) is 19.8. The largest absolute Gasteiger partial charge is 0.353 e. The molecule has 0 aliphatic carbocycles. The van der Waals surface area contributed by atoms with Crippen molar-refractivity contribution in [1.82, 2.24) is 5.32 Å². The van der Waals surface area contributed by atoms with Gasteiger partial charge in [-0.2, -0.15) is 11.8 Å². The van der Waals surface area contributed by atoms with Crippen molar-refractivity contribution in [2.24, 2.45) is 0 Å². The molecule has 29 heavy (non-hydrogen) atoms. The van der Waals surface area contributed by atoms with Crippen molar-refractivity contribution in [3.05, 3.63) is 63.1 Å². The molecule has 1 N–H and O–H groups in total. The number of hydrogen-bond acceptors (Lipinski definition) is 4. The van der Waals surface area contributed by atoms with E-state index in [1.54, 1.807) is 55.1 Å². The minimum Gasteiger partial charge on any atom is -0.353 e. The number of carbonyl (C=O) groups excluding carboxylic acids is 1. The Kier molecular flexibility index (Phi) is 8.97. The van der Waals surface area contributed by atoms with Crippen molar-refractivity contribution in [1.29, 1.82) is 0 Å². The molecule has 2 aromatic rings. The van der Waals surface area contributed by atoms with E-state index in [1.807, 2.05) is 6.07 Å². The number of nitrogens with zero attached hydrogens (tertiary/aromatic N) is 1. The van der Waals surface area contributed by atoms with Gasteiger partial charge in [-0.1, -0.05) is 40.9 Å². The van der Waals surface area contributed by atoms with Crippen LogP contribution in [0.2, 0.25) is 15.1 Å². The molecular weight excluding hydrogens is 475 g/mol. The van der Waals surface area contributed by atoms with Gasteiger partial charge in [-0.25, -0.2) is 8.42 Å². The number of sulfonamides is 1. The van der Waals surface area contributed by atoms with Crippen LogP contribution in [-0.2, 0) is 20.6 Å². The van der Waals surface area contributed by atoms with E-state index in [1.165, 1.54) is 0 Å². The Bertz CT molecular complexity index is 954. The highest BCUT2D eigenvalue weighted by atomic mass is 35.5. The molecule has 1 atom stereocenters. The second-order valence-corrected chi connectivity index (χ2v) is 10.5. The molecule has 2 aromatic carbocycles. The van der Waals surface area contributed by atoms with Gasteiger partial charge in [0.05, 0.1) is 11.9 Å². The summed E-state index contributed by atoms with van der Waals surface area (Å²) in [5.41, 5.74) is 1.35. The lowest BCUT2D eigenvalue weighted by Crippen LogP contribution is -2.48. The van der Waals surface area contributed by atoms with E-state index in [9.17, 15) is 13.2 Å². The Morgan fingerprint density at radius 2 is 1.72 bits per heavy atom. The van der Waals surface area contributed by atoms with Gasteiger partial charge in [0.1, 0.15) is 6.04 Å². The van der Waals surface area contributed by atoms with Gasteiger partial charge in [0, 0.05) is 33.1 Å². The van der Waals surface area contributed by atoms with Crippen molar-refractivity contribution >= 4 is 68.2 Å². The summed E-state index contributed by atoms with van der Waals surface area (Å²) in [4.78, 5) is 12.5. The van der Waals surface area contributed by atoms with Crippen molar-refractivity contribution in [2.75, 3.05) is 22.9 Å². The maximum absolute atomic E-state index is 12.5. The van der Waals surface area contributed by atoms with E-state index < -0.39 is 16.1 Å². The average Bonchev–Trinajstić information content (AvgIpc) is 2.63. The first-order chi connectivity index (χ1) is 13.6. The topological polar surface area (TPSA) is 66.5 Å². The number of halogens is 3. The fourth-order valence-electron chi connectivity index (χ4n) is 2.61. The van der Waals surface area contributed by atoms with Gasteiger partial charge < -0.3 is 5.32 Å². The first kappa shape index (κ1) is 24.2. The molecular formula is C19H21Cl3N2O3S2. The van der Waals surface area contributed by atoms with Crippen LogP contribution in [0, 0.1) is 0 Å². The second-order valence-electron chi connectivity index (χ2n) is 6.29. The van der Waals surface area contributed by atoms with Gasteiger partial charge in [-0.05, 0) is 48.9 Å². The lowest BCUT2D eigenvalue weighted by Gasteiger charge is -2.28. The Labute approximate surface area is 190 Å². The highest BCUT2D eigenvalue weighted by Crippen LogP contribution is 2.25. The Morgan fingerprint density at radius 3 is 2.31 bits per heavy atom. The number of carbonyl (C=O) groups is 1. The summed E-state index contributed by atoms with van der Waals surface area (Å²) in [6.45, 7) is 1.95. The zero-order chi connectivity index (χ0) is 21.6. The lowest BCUT2D eigenvalue weighted by molar-refractivity contribution is -0.121. The summed E-state index contributed by atoms with van der Waals surface area (Å²) < 4.78 is 25.6. The predicted octanol–water partition coefficient (Wildman–Crippen LogP) is 4.85. The molecule has 5 nitrogen and oxygen atoms in total. The molecule has 1 amide bonds. The molecule has 158 valence electrons. The summed E-state index contributed by atoms with van der Waals surface area (Å²) in [5, 5.41) is 4.45. The normalized spacial score (nSPS) is 12.4. The number of rotatable bonds is 9. The molecule has 0 unspecified atom stereocenters. The van der Waals surface area contributed by atoms with Gasteiger partial charge in [0.25, 0.3) is 0 Å². The van der Waals surface area contributed by atoms with Crippen molar-refractivity contribution in [3.8, 4) is 0 Å². The van der Waals surface area contributed by atoms with E-state index in [4.69, 9.17) is 34.8 Å². The number of nitrogens with one attached hydrogen (secondary N) is 1. The lowest BCUT2D eigenvalue weighted by atomic mass is 10.2. The quantitative estimate of drug-likeness (QED) is 0.505. The molecule has 0 fully saturated rings. The molecule has 10 heteroatoms. The average molecular weight is 496 g/mol. The fraction of sp³-hybridized carbons (Fsp3) is 0.316. The number of anilines is 1. The highest BCUT2D eigenvalue weighted by molar-refractivity contribution is 7.98. The summed E-state index contributed by atoms with van der Waals surface area (Å²) >= 11 is 19.5. The van der Waals surface area contributed by atoms with Crippen LogP contribution in [0.3, 0.4) is 0 Å². The maximum atomic E-state index is 12.5. The van der Waals surface area contributed by atoms with Crippen LogP contribution in [-0.4, -0.2) is 38.9 Å².